The molecule has 2 amide bonds. The van der Waals surface area contributed by atoms with Crippen molar-refractivity contribution in [3.63, 3.8) is 0 Å². The number of pyridine rings is 1. The summed E-state index contributed by atoms with van der Waals surface area (Å²) >= 11 is 7.53. The van der Waals surface area contributed by atoms with Crippen LogP contribution in [-0.4, -0.2) is 16.8 Å². The van der Waals surface area contributed by atoms with Crippen molar-refractivity contribution in [1.82, 2.24) is 10.3 Å². The van der Waals surface area contributed by atoms with Gasteiger partial charge in [-0.2, -0.15) is 0 Å². The highest BCUT2D eigenvalue weighted by atomic mass is 35.5. The van der Waals surface area contributed by atoms with Crippen molar-refractivity contribution in [1.29, 1.82) is 0 Å². The van der Waals surface area contributed by atoms with Crippen molar-refractivity contribution in [2.45, 2.75) is 13.2 Å². The molecule has 6 nitrogen and oxygen atoms in total. The topological polar surface area (TPSA) is 80.3 Å². The highest BCUT2D eigenvalue weighted by molar-refractivity contribution is 7.12. The van der Waals surface area contributed by atoms with Crippen LogP contribution >= 0.6 is 22.9 Å². The number of ether oxygens (including phenoxy) is 1. The lowest BCUT2D eigenvalue weighted by atomic mass is 10.1. The Bertz CT molecular complexity index is 1230. The first-order valence-electron chi connectivity index (χ1n) is 10.1. The first-order chi connectivity index (χ1) is 16.1. The van der Waals surface area contributed by atoms with Crippen molar-refractivity contribution in [3.05, 3.63) is 111 Å². The van der Waals surface area contributed by atoms with E-state index in [-0.39, 0.29) is 11.8 Å². The standard InChI is InChI=1S/C25H20ClN3O3S/c26-21-11-8-18(14-22(21)29-25(31)23-5-3-13-33-23)24(30)28-15-17-6-9-20(10-7-17)32-16-19-4-1-2-12-27-19/h1-14H,15-16H2,(H,28,30)(H,29,31). The Morgan fingerprint density at radius 1 is 0.970 bits per heavy atom. The number of nitrogens with zero attached hydrogens (tertiary/aromatic N) is 1. The zero-order valence-electron chi connectivity index (χ0n) is 17.5. The van der Waals surface area contributed by atoms with Gasteiger partial charge in [0.2, 0.25) is 0 Å². The second-order valence-corrected chi connectivity index (χ2v) is 8.42. The van der Waals surface area contributed by atoms with Crippen molar-refractivity contribution < 1.29 is 14.3 Å². The van der Waals surface area contributed by atoms with Gasteiger partial charge in [0.15, 0.2) is 0 Å². The number of carbonyl (C=O) groups excluding carboxylic acids is 2. The fraction of sp³-hybridized carbons (Fsp3) is 0.0800. The van der Waals surface area contributed by atoms with Gasteiger partial charge in [-0.15, -0.1) is 11.3 Å². The van der Waals surface area contributed by atoms with Crippen LogP contribution < -0.4 is 15.4 Å². The van der Waals surface area contributed by atoms with E-state index in [1.54, 1.807) is 36.5 Å². The SMILES string of the molecule is O=C(NCc1ccc(OCc2ccccn2)cc1)c1ccc(Cl)c(NC(=O)c2cccs2)c1. The maximum absolute atomic E-state index is 12.6. The number of benzene rings is 2. The number of hydrogen-bond donors (Lipinski definition) is 2. The molecule has 4 aromatic rings. The second-order valence-electron chi connectivity index (χ2n) is 7.06. The van der Waals surface area contributed by atoms with Gasteiger partial charge in [-0.25, -0.2) is 0 Å². The third-order valence-electron chi connectivity index (χ3n) is 4.71. The van der Waals surface area contributed by atoms with Gasteiger partial charge in [0, 0.05) is 18.3 Å². The summed E-state index contributed by atoms with van der Waals surface area (Å²) in [7, 11) is 0. The monoisotopic (exact) mass is 477 g/mol. The summed E-state index contributed by atoms with van der Waals surface area (Å²) in [5, 5.41) is 7.81. The number of halogens is 1. The van der Waals surface area contributed by atoms with Gasteiger partial charge in [-0.05, 0) is 59.5 Å². The fourth-order valence-electron chi connectivity index (χ4n) is 2.98. The summed E-state index contributed by atoms with van der Waals surface area (Å²) in [4.78, 5) is 29.7. The number of thiophene rings is 1. The van der Waals surface area contributed by atoms with E-state index in [2.05, 4.69) is 15.6 Å². The summed E-state index contributed by atoms with van der Waals surface area (Å²) in [6.07, 6.45) is 1.73. The van der Waals surface area contributed by atoms with Gasteiger partial charge < -0.3 is 15.4 Å². The number of rotatable bonds is 8. The van der Waals surface area contributed by atoms with Crippen LogP contribution in [0.2, 0.25) is 5.02 Å². The van der Waals surface area contributed by atoms with Crippen molar-refractivity contribution >= 4 is 40.4 Å². The Labute approximate surface area is 200 Å². The molecule has 0 radical (unpaired) electrons. The molecule has 0 aliphatic rings. The molecule has 0 saturated heterocycles. The van der Waals surface area contributed by atoms with Gasteiger partial charge in [0.05, 0.1) is 21.3 Å². The van der Waals surface area contributed by atoms with Gasteiger partial charge in [-0.3, -0.25) is 14.6 Å². The van der Waals surface area contributed by atoms with E-state index in [4.69, 9.17) is 16.3 Å². The number of aromatic nitrogens is 1. The molecule has 0 saturated carbocycles. The average Bonchev–Trinajstić information content (AvgIpc) is 3.39. The molecule has 166 valence electrons. The number of hydrogen-bond acceptors (Lipinski definition) is 5. The minimum atomic E-state index is -0.270. The molecule has 2 heterocycles. The molecular weight excluding hydrogens is 458 g/mol. The van der Waals surface area contributed by atoms with Crippen LogP contribution in [0.3, 0.4) is 0 Å². The molecule has 0 bridgehead atoms. The van der Waals surface area contributed by atoms with E-state index >= 15 is 0 Å². The Morgan fingerprint density at radius 2 is 1.82 bits per heavy atom. The van der Waals surface area contributed by atoms with E-state index in [1.165, 1.54) is 11.3 Å². The molecule has 0 atom stereocenters. The van der Waals surface area contributed by atoms with E-state index in [1.807, 2.05) is 47.8 Å². The summed E-state index contributed by atoms with van der Waals surface area (Å²) in [5.41, 5.74) is 2.56. The van der Waals surface area contributed by atoms with Crippen LogP contribution in [0.1, 0.15) is 31.3 Å². The summed E-state index contributed by atoms with van der Waals surface area (Å²) in [6, 6.07) is 21.5. The molecule has 4 rings (SSSR count). The van der Waals surface area contributed by atoms with E-state index in [9.17, 15) is 9.59 Å². The van der Waals surface area contributed by atoms with Crippen LogP contribution in [0.4, 0.5) is 5.69 Å². The van der Waals surface area contributed by atoms with Crippen molar-refractivity contribution in [2.75, 3.05) is 5.32 Å². The van der Waals surface area contributed by atoms with Crippen LogP contribution in [0.5, 0.6) is 5.75 Å². The van der Waals surface area contributed by atoms with E-state index < -0.39 is 0 Å². The van der Waals surface area contributed by atoms with Crippen LogP contribution in [-0.2, 0) is 13.2 Å². The van der Waals surface area contributed by atoms with E-state index in [0.29, 0.717) is 34.3 Å². The number of amides is 2. The quantitative estimate of drug-likeness (QED) is 0.348. The Kier molecular flexibility index (Phi) is 7.34. The normalized spacial score (nSPS) is 10.5. The third kappa shape index (κ3) is 6.19. The lowest BCUT2D eigenvalue weighted by Crippen LogP contribution is -2.23. The first kappa shape index (κ1) is 22.5. The van der Waals surface area contributed by atoms with Gasteiger partial charge in [0.1, 0.15) is 12.4 Å². The van der Waals surface area contributed by atoms with Gasteiger partial charge in [-0.1, -0.05) is 35.9 Å². The second kappa shape index (κ2) is 10.8. The Hall–Kier alpha value is -3.68. The number of carbonyl (C=O) groups is 2. The molecule has 0 fully saturated rings. The largest absolute Gasteiger partial charge is 0.487 e. The van der Waals surface area contributed by atoms with Gasteiger partial charge in [0.25, 0.3) is 11.8 Å². The maximum atomic E-state index is 12.6. The molecule has 0 unspecified atom stereocenters. The molecule has 33 heavy (non-hydrogen) atoms. The Balaban J connectivity index is 1.32. The summed E-state index contributed by atoms with van der Waals surface area (Å²) < 4.78 is 5.73. The first-order valence-corrected chi connectivity index (χ1v) is 11.4. The lowest BCUT2D eigenvalue weighted by Gasteiger charge is -2.10. The molecule has 0 aliphatic carbocycles. The highest BCUT2D eigenvalue weighted by Crippen LogP contribution is 2.24. The minimum absolute atomic E-state index is 0.269. The number of anilines is 1. The summed E-state index contributed by atoms with van der Waals surface area (Å²) in [6.45, 7) is 0.734. The predicted molar refractivity (Wildman–Crippen MR) is 130 cm³/mol. The van der Waals surface area contributed by atoms with Crippen LogP contribution in [0, 0.1) is 0 Å². The predicted octanol–water partition coefficient (Wildman–Crippen LogP) is 5.56. The van der Waals surface area contributed by atoms with Gasteiger partial charge >= 0.3 is 0 Å². The summed E-state index contributed by atoms with van der Waals surface area (Å²) in [5.74, 6) is 0.183. The maximum Gasteiger partial charge on any atom is 0.265 e. The molecule has 2 aromatic heterocycles. The molecule has 8 heteroatoms. The number of nitrogens with one attached hydrogen (secondary N) is 2. The minimum Gasteiger partial charge on any atom is -0.487 e. The van der Waals surface area contributed by atoms with Crippen molar-refractivity contribution in [3.8, 4) is 5.75 Å². The van der Waals surface area contributed by atoms with Crippen molar-refractivity contribution in [2.24, 2.45) is 0 Å². The molecular formula is C25H20ClN3O3S. The lowest BCUT2D eigenvalue weighted by molar-refractivity contribution is 0.0949. The zero-order chi connectivity index (χ0) is 23.0. The van der Waals surface area contributed by atoms with E-state index in [0.717, 1.165) is 17.0 Å². The third-order valence-corrected chi connectivity index (χ3v) is 5.91. The molecule has 2 aromatic carbocycles. The zero-order valence-corrected chi connectivity index (χ0v) is 19.0. The average molecular weight is 478 g/mol. The fourth-order valence-corrected chi connectivity index (χ4v) is 3.77. The molecule has 2 N–H and O–H groups in total. The van der Waals surface area contributed by atoms with Crippen LogP contribution in [0.15, 0.2) is 84.4 Å². The molecule has 0 spiro atoms. The molecule has 0 aliphatic heterocycles. The van der Waals surface area contributed by atoms with Crippen LogP contribution in [0.25, 0.3) is 0 Å². The Morgan fingerprint density at radius 3 is 2.55 bits per heavy atom. The highest BCUT2D eigenvalue weighted by Gasteiger charge is 2.13. The smallest absolute Gasteiger partial charge is 0.265 e.